The maximum absolute atomic E-state index is 11.9. The summed E-state index contributed by atoms with van der Waals surface area (Å²) in [6.07, 6.45) is 4.73. The number of rotatable bonds is 8. The molecule has 0 aromatic rings. The summed E-state index contributed by atoms with van der Waals surface area (Å²) in [5.41, 5.74) is 5.42. The van der Waals surface area contributed by atoms with E-state index in [9.17, 15) is 4.79 Å². The molecule has 0 aliphatic heterocycles. The number of nitrogens with one attached hydrogen (secondary N) is 2. The van der Waals surface area contributed by atoms with Crippen molar-refractivity contribution in [3.05, 3.63) is 0 Å². The number of ether oxygens (including phenoxy) is 1. The molecule has 0 radical (unpaired) electrons. The first-order valence-electron chi connectivity index (χ1n) is 9.13. The molecular formula is C18H37N3O2. The summed E-state index contributed by atoms with van der Waals surface area (Å²) in [6.45, 7) is 12.3. The van der Waals surface area contributed by atoms with Crippen LogP contribution in [0.5, 0.6) is 0 Å². The second-order valence-corrected chi connectivity index (χ2v) is 8.18. The van der Waals surface area contributed by atoms with Gasteiger partial charge in [-0.15, -0.1) is 0 Å². The van der Waals surface area contributed by atoms with Gasteiger partial charge in [0.05, 0.1) is 0 Å². The third-order valence-electron chi connectivity index (χ3n) is 4.72. The van der Waals surface area contributed by atoms with Crippen molar-refractivity contribution in [2.45, 2.75) is 71.9 Å². The van der Waals surface area contributed by atoms with Crippen LogP contribution in [0.15, 0.2) is 0 Å². The number of alkyl carbamates (subject to hydrolysis) is 1. The summed E-state index contributed by atoms with van der Waals surface area (Å²) < 4.78 is 5.34. The Morgan fingerprint density at radius 2 is 1.83 bits per heavy atom. The van der Waals surface area contributed by atoms with Gasteiger partial charge in [-0.05, 0) is 64.5 Å². The Bertz CT molecular complexity index is 347. The van der Waals surface area contributed by atoms with Crippen molar-refractivity contribution in [1.82, 2.24) is 10.6 Å². The van der Waals surface area contributed by atoms with E-state index in [1.54, 1.807) is 0 Å². The number of carbonyl (C=O) groups excluding carboxylic acids is 1. The smallest absolute Gasteiger partial charge is 0.407 e. The quantitative estimate of drug-likeness (QED) is 0.641. The van der Waals surface area contributed by atoms with Crippen LogP contribution in [0.2, 0.25) is 0 Å². The molecule has 1 rings (SSSR count). The number of nitrogens with two attached hydrogens (primary N) is 1. The van der Waals surface area contributed by atoms with E-state index in [2.05, 4.69) is 24.5 Å². The molecule has 4 N–H and O–H groups in total. The molecule has 5 heteroatoms. The van der Waals surface area contributed by atoms with Crippen molar-refractivity contribution in [1.29, 1.82) is 0 Å². The van der Waals surface area contributed by atoms with E-state index in [1.165, 1.54) is 25.7 Å². The maximum atomic E-state index is 11.9. The standard InChI is InChI=1S/C18H37N3O2/c1-13(2)15(10-19)11-20-16(14-8-6-7-9-14)12-21-17(22)23-18(3,4)5/h13-16,20H,6-12,19H2,1-5H3,(H,21,22). The Morgan fingerprint density at radius 1 is 1.22 bits per heavy atom. The summed E-state index contributed by atoms with van der Waals surface area (Å²) in [7, 11) is 0. The Balaban J connectivity index is 2.50. The fourth-order valence-corrected chi connectivity index (χ4v) is 3.17. The Labute approximate surface area is 142 Å². The van der Waals surface area contributed by atoms with Crippen LogP contribution in [0.1, 0.15) is 60.3 Å². The normalized spacial score (nSPS) is 18.9. The molecule has 2 atom stereocenters. The molecule has 23 heavy (non-hydrogen) atoms. The molecule has 1 aliphatic rings. The minimum Gasteiger partial charge on any atom is -0.444 e. The molecule has 1 saturated carbocycles. The van der Waals surface area contributed by atoms with Gasteiger partial charge < -0.3 is 21.1 Å². The fourth-order valence-electron chi connectivity index (χ4n) is 3.17. The van der Waals surface area contributed by atoms with Crippen LogP contribution < -0.4 is 16.4 Å². The number of hydrogen-bond acceptors (Lipinski definition) is 4. The molecule has 1 amide bonds. The van der Waals surface area contributed by atoms with Gasteiger partial charge in [-0.2, -0.15) is 0 Å². The Morgan fingerprint density at radius 3 is 2.30 bits per heavy atom. The summed E-state index contributed by atoms with van der Waals surface area (Å²) in [5.74, 6) is 1.67. The predicted octanol–water partition coefficient (Wildman–Crippen LogP) is 2.89. The van der Waals surface area contributed by atoms with Crippen LogP contribution in [-0.4, -0.2) is 37.4 Å². The van der Waals surface area contributed by atoms with Gasteiger partial charge in [-0.25, -0.2) is 4.79 Å². The van der Waals surface area contributed by atoms with E-state index in [1.807, 2.05) is 20.8 Å². The lowest BCUT2D eigenvalue weighted by Gasteiger charge is -2.29. The third kappa shape index (κ3) is 8.02. The summed E-state index contributed by atoms with van der Waals surface area (Å²) in [6, 6.07) is 0.304. The third-order valence-corrected chi connectivity index (χ3v) is 4.72. The lowest BCUT2D eigenvalue weighted by atomic mass is 9.93. The van der Waals surface area contributed by atoms with Crippen LogP contribution in [0.3, 0.4) is 0 Å². The van der Waals surface area contributed by atoms with Crippen molar-refractivity contribution in [2.24, 2.45) is 23.5 Å². The Hall–Kier alpha value is -0.810. The first kappa shape index (κ1) is 20.2. The highest BCUT2D eigenvalue weighted by Gasteiger charge is 2.27. The number of hydrogen-bond donors (Lipinski definition) is 3. The first-order valence-corrected chi connectivity index (χ1v) is 9.13. The van der Waals surface area contributed by atoms with Gasteiger partial charge in [0.1, 0.15) is 5.60 Å². The predicted molar refractivity (Wildman–Crippen MR) is 95.4 cm³/mol. The number of carbonyl (C=O) groups is 1. The zero-order valence-corrected chi connectivity index (χ0v) is 15.7. The fraction of sp³-hybridized carbons (Fsp3) is 0.944. The minimum atomic E-state index is -0.456. The molecule has 0 spiro atoms. The second-order valence-electron chi connectivity index (χ2n) is 8.18. The maximum Gasteiger partial charge on any atom is 0.407 e. The van der Waals surface area contributed by atoms with Gasteiger partial charge in [0.15, 0.2) is 0 Å². The van der Waals surface area contributed by atoms with Crippen LogP contribution in [0, 0.1) is 17.8 Å². The second kappa shape index (κ2) is 9.48. The van der Waals surface area contributed by atoms with Crippen LogP contribution in [-0.2, 0) is 4.74 Å². The molecule has 1 aliphatic carbocycles. The van der Waals surface area contributed by atoms with Crippen LogP contribution >= 0.6 is 0 Å². The zero-order chi connectivity index (χ0) is 17.5. The molecule has 0 saturated heterocycles. The summed E-state index contributed by atoms with van der Waals surface area (Å²) in [5, 5.41) is 6.59. The molecule has 0 bridgehead atoms. The van der Waals surface area contributed by atoms with Gasteiger partial charge >= 0.3 is 6.09 Å². The van der Waals surface area contributed by atoms with E-state index in [0.717, 1.165) is 6.54 Å². The first-order chi connectivity index (χ1) is 10.7. The summed E-state index contributed by atoms with van der Waals surface area (Å²) >= 11 is 0. The molecule has 1 fully saturated rings. The molecular weight excluding hydrogens is 290 g/mol. The van der Waals surface area contributed by atoms with Crippen molar-refractivity contribution in [3.8, 4) is 0 Å². The van der Waals surface area contributed by atoms with Crippen LogP contribution in [0.25, 0.3) is 0 Å². The van der Waals surface area contributed by atoms with E-state index in [0.29, 0.717) is 36.9 Å². The van der Waals surface area contributed by atoms with Crippen LogP contribution in [0.4, 0.5) is 4.79 Å². The largest absolute Gasteiger partial charge is 0.444 e. The molecule has 136 valence electrons. The molecule has 2 unspecified atom stereocenters. The van der Waals surface area contributed by atoms with Crippen molar-refractivity contribution >= 4 is 6.09 Å². The van der Waals surface area contributed by atoms with Gasteiger partial charge in [-0.1, -0.05) is 26.7 Å². The lowest BCUT2D eigenvalue weighted by molar-refractivity contribution is 0.0517. The average molecular weight is 328 g/mol. The van der Waals surface area contributed by atoms with E-state index >= 15 is 0 Å². The number of amides is 1. The Kier molecular flexibility index (Phi) is 8.34. The molecule has 0 aromatic heterocycles. The van der Waals surface area contributed by atoms with Crippen molar-refractivity contribution < 1.29 is 9.53 Å². The zero-order valence-electron chi connectivity index (χ0n) is 15.7. The van der Waals surface area contributed by atoms with Gasteiger partial charge in [-0.3, -0.25) is 0 Å². The minimum absolute atomic E-state index is 0.304. The van der Waals surface area contributed by atoms with Gasteiger partial charge in [0.25, 0.3) is 0 Å². The van der Waals surface area contributed by atoms with Gasteiger partial charge in [0.2, 0.25) is 0 Å². The lowest BCUT2D eigenvalue weighted by Crippen LogP contribution is -2.48. The van der Waals surface area contributed by atoms with Crippen molar-refractivity contribution in [3.63, 3.8) is 0 Å². The monoisotopic (exact) mass is 327 g/mol. The topological polar surface area (TPSA) is 76.4 Å². The van der Waals surface area contributed by atoms with E-state index in [4.69, 9.17) is 10.5 Å². The highest BCUT2D eigenvalue weighted by atomic mass is 16.6. The molecule has 0 heterocycles. The molecule has 0 aromatic carbocycles. The van der Waals surface area contributed by atoms with E-state index in [-0.39, 0.29) is 6.09 Å². The highest BCUT2D eigenvalue weighted by Crippen LogP contribution is 2.27. The highest BCUT2D eigenvalue weighted by molar-refractivity contribution is 5.67. The summed E-state index contributed by atoms with van der Waals surface area (Å²) in [4.78, 5) is 11.9. The van der Waals surface area contributed by atoms with Gasteiger partial charge in [0, 0.05) is 12.6 Å². The van der Waals surface area contributed by atoms with Crippen molar-refractivity contribution in [2.75, 3.05) is 19.6 Å². The molecule has 5 nitrogen and oxygen atoms in total. The average Bonchev–Trinajstić information content (AvgIpc) is 2.94. The SMILES string of the molecule is CC(C)C(CN)CNC(CNC(=O)OC(C)(C)C)C1CCCC1. The van der Waals surface area contributed by atoms with E-state index < -0.39 is 5.60 Å².